The number of nitrogens with zero attached hydrogens (tertiary/aromatic N) is 1. The molecule has 3 aromatic rings. The molecule has 0 aliphatic heterocycles. The zero-order chi connectivity index (χ0) is 23.1. The molecule has 1 heterocycles. The van der Waals surface area contributed by atoms with Gasteiger partial charge in [-0.1, -0.05) is 24.3 Å². The summed E-state index contributed by atoms with van der Waals surface area (Å²) in [5.74, 6) is -0.614. The van der Waals surface area contributed by atoms with Gasteiger partial charge in [-0.05, 0) is 43.5 Å². The molecule has 1 aromatic heterocycles. The Kier molecular flexibility index (Phi) is 5.87. The second-order valence-electron chi connectivity index (χ2n) is 7.44. The number of aryl methyl sites for hydroxylation is 3. The largest absolute Gasteiger partial charge is 0.350 e. The van der Waals surface area contributed by atoms with Crippen LogP contribution in [0.4, 0.5) is 5.69 Å². The second-order valence-corrected chi connectivity index (χ2v) is 10.8. The third kappa shape index (κ3) is 4.58. The van der Waals surface area contributed by atoms with Crippen molar-refractivity contribution in [1.82, 2.24) is 14.8 Å². The van der Waals surface area contributed by atoms with Crippen LogP contribution in [0.1, 0.15) is 27.0 Å². The van der Waals surface area contributed by atoms with Gasteiger partial charge in [0.25, 0.3) is 15.9 Å². The highest BCUT2D eigenvalue weighted by atomic mass is 32.2. The fourth-order valence-electron chi connectivity index (χ4n) is 3.68. The predicted molar refractivity (Wildman–Crippen MR) is 120 cm³/mol. The highest BCUT2D eigenvalue weighted by Gasteiger charge is 2.25. The van der Waals surface area contributed by atoms with E-state index in [9.17, 15) is 21.6 Å². The number of nitrogens with one attached hydrogen (secondary N) is 3. The van der Waals surface area contributed by atoms with Crippen molar-refractivity contribution >= 4 is 42.5 Å². The Morgan fingerprint density at radius 3 is 2.29 bits per heavy atom. The number of carbonyl (C=O) groups is 1. The van der Waals surface area contributed by atoms with Gasteiger partial charge >= 0.3 is 0 Å². The molecule has 0 unspecified atom stereocenters. The van der Waals surface area contributed by atoms with Crippen LogP contribution >= 0.6 is 0 Å². The maximum absolute atomic E-state index is 13.0. The first-order valence-electron chi connectivity index (χ1n) is 9.26. The topological polar surface area (TPSA) is 126 Å². The van der Waals surface area contributed by atoms with Crippen molar-refractivity contribution in [3.63, 3.8) is 0 Å². The third-order valence-corrected chi connectivity index (χ3v) is 7.01. The van der Waals surface area contributed by atoms with Gasteiger partial charge in [0.2, 0.25) is 10.0 Å². The van der Waals surface area contributed by atoms with Crippen LogP contribution in [-0.4, -0.2) is 33.6 Å². The molecule has 2 aromatic carbocycles. The van der Waals surface area contributed by atoms with Gasteiger partial charge in [-0.2, -0.15) is 0 Å². The fourth-order valence-corrected chi connectivity index (χ4v) is 5.68. The average Bonchev–Trinajstić information content (AvgIpc) is 2.99. The van der Waals surface area contributed by atoms with Crippen LogP contribution in [0.15, 0.2) is 41.4 Å². The Hall–Kier alpha value is -2.89. The molecule has 0 atom stereocenters. The molecule has 0 aliphatic carbocycles. The minimum atomic E-state index is -4.19. The van der Waals surface area contributed by atoms with Crippen LogP contribution in [0.5, 0.6) is 0 Å². The fraction of sp³-hybridized carbons (Fsp3) is 0.250. The molecule has 0 fully saturated rings. The van der Waals surface area contributed by atoms with Crippen LogP contribution in [-0.2, 0) is 27.1 Å². The van der Waals surface area contributed by atoms with Crippen molar-refractivity contribution in [2.24, 2.45) is 7.05 Å². The minimum absolute atomic E-state index is 0.109. The summed E-state index contributed by atoms with van der Waals surface area (Å²) in [6.07, 6.45) is 2.60. The maximum Gasteiger partial charge on any atom is 0.268 e. The lowest BCUT2D eigenvalue weighted by molar-refractivity contribution is 0.0946. The number of amides is 1. The zero-order valence-corrected chi connectivity index (χ0v) is 19.4. The van der Waals surface area contributed by atoms with Crippen molar-refractivity contribution < 1.29 is 21.6 Å². The smallest absolute Gasteiger partial charge is 0.268 e. The van der Waals surface area contributed by atoms with E-state index in [2.05, 4.69) is 15.0 Å². The molecule has 0 radical (unpaired) electrons. The molecule has 0 saturated heterocycles. The van der Waals surface area contributed by atoms with Crippen LogP contribution in [0.3, 0.4) is 0 Å². The number of para-hydroxylation sites is 1. The lowest BCUT2D eigenvalue weighted by Crippen LogP contribution is -2.42. The second kappa shape index (κ2) is 7.98. The van der Waals surface area contributed by atoms with Gasteiger partial charge in [-0.3, -0.25) is 14.9 Å². The average molecular weight is 465 g/mol. The van der Waals surface area contributed by atoms with Crippen LogP contribution in [0, 0.1) is 20.8 Å². The third-order valence-electron chi connectivity index (χ3n) is 4.90. The van der Waals surface area contributed by atoms with Gasteiger partial charge in [0, 0.05) is 24.1 Å². The van der Waals surface area contributed by atoms with E-state index in [1.807, 2.05) is 12.1 Å². The number of benzene rings is 2. The predicted octanol–water partition coefficient (Wildman–Crippen LogP) is 2.10. The van der Waals surface area contributed by atoms with Crippen molar-refractivity contribution in [2.45, 2.75) is 25.7 Å². The van der Waals surface area contributed by atoms with Gasteiger partial charge in [0.05, 0.1) is 22.4 Å². The standard InChI is InChI=1S/C20H24N4O5S2/c1-12-10-13(2)19(14(3)18(12)22-30(5,26)27)31(28,29)23-21-20(25)16-11-24(4)17-9-7-6-8-15(16)17/h6-11,22-23H,1-5H3,(H,21,25). The Balaban J connectivity index is 1.94. The summed E-state index contributed by atoms with van der Waals surface area (Å²) in [7, 11) is -6.01. The molecule has 9 nitrogen and oxygen atoms in total. The first-order valence-corrected chi connectivity index (χ1v) is 12.6. The molecule has 11 heteroatoms. The van der Waals surface area contributed by atoms with Crippen LogP contribution < -0.4 is 15.0 Å². The molecule has 31 heavy (non-hydrogen) atoms. The Morgan fingerprint density at radius 1 is 1.00 bits per heavy atom. The molecule has 3 rings (SSSR count). The van der Waals surface area contributed by atoms with Crippen LogP contribution in [0.2, 0.25) is 0 Å². The first kappa shape index (κ1) is 22.8. The molecule has 0 bridgehead atoms. The molecule has 1 amide bonds. The molecule has 0 saturated carbocycles. The summed E-state index contributed by atoms with van der Waals surface area (Å²) in [6.45, 7) is 4.79. The number of fused-ring (bicyclic) bond motifs is 1. The SMILES string of the molecule is Cc1cc(C)c(S(=O)(=O)NNC(=O)c2cn(C)c3ccccc23)c(C)c1NS(C)(=O)=O. The summed E-state index contributed by atoms with van der Waals surface area (Å²) in [6, 6.07) is 8.83. The summed E-state index contributed by atoms with van der Waals surface area (Å²) in [5, 5.41) is 0.684. The Labute approximate surface area is 181 Å². The quantitative estimate of drug-likeness (QED) is 0.482. The normalized spacial score (nSPS) is 12.2. The van der Waals surface area contributed by atoms with Crippen LogP contribution in [0.25, 0.3) is 10.9 Å². The summed E-state index contributed by atoms with van der Waals surface area (Å²) in [4.78, 5) is 14.7. The van der Waals surface area contributed by atoms with Gasteiger partial charge in [-0.15, -0.1) is 4.83 Å². The molecular weight excluding hydrogens is 440 g/mol. The van der Waals surface area contributed by atoms with Gasteiger partial charge < -0.3 is 4.57 Å². The monoisotopic (exact) mass is 464 g/mol. The maximum atomic E-state index is 13.0. The van der Waals surface area contributed by atoms with E-state index in [1.165, 1.54) is 6.92 Å². The number of rotatable bonds is 6. The molecule has 3 N–H and O–H groups in total. The lowest BCUT2D eigenvalue weighted by atomic mass is 10.1. The van der Waals surface area contributed by atoms with E-state index in [4.69, 9.17) is 0 Å². The van der Waals surface area contributed by atoms with E-state index < -0.39 is 26.0 Å². The van der Waals surface area contributed by atoms with E-state index in [1.54, 1.807) is 49.9 Å². The summed E-state index contributed by atoms with van der Waals surface area (Å²) < 4.78 is 53.5. The van der Waals surface area contributed by atoms with Crippen molar-refractivity contribution in [3.8, 4) is 0 Å². The van der Waals surface area contributed by atoms with E-state index in [0.29, 0.717) is 22.1 Å². The minimum Gasteiger partial charge on any atom is -0.350 e. The highest BCUT2D eigenvalue weighted by Crippen LogP contribution is 2.30. The Morgan fingerprint density at radius 2 is 1.65 bits per heavy atom. The van der Waals surface area contributed by atoms with Gasteiger partial charge in [0.15, 0.2) is 0 Å². The molecule has 0 spiro atoms. The van der Waals surface area contributed by atoms with E-state index >= 15 is 0 Å². The van der Waals surface area contributed by atoms with E-state index in [-0.39, 0.29) is 16.1 Å². The number of hydrogen-bond donors (Lipinski definition) is 3. The molecular formula is C20H24N4O5S2. The highest BCUT2D eigenvalue weighted by molar-refractivity contribution is 7.92. The van der Waals surface area contributed by atoms with E-state index in [0.717, 1.165) is 11.8 Å². The molecule has 166 valence electrons. The zero-order valence-electron chi connectivity index (χ0n) is 17.8. The number of hydrogen-bond acceptors (Lipinski definition) is 5. The molecule has 0 aliphatic rings. The number of aromatic nitrogens is 1. The number of sulfonamides is 2. The van der Waals surface area contributed by atoms with Gasteiger partial charge in [-0.25, -0.2) is 16.8 Å². The summed E-state index contributed by atoms with van der Waals surface area (Å²) >= 11 is 0. The Bertz CT molecular complexity index is 1410. The van der Waals surface area contributed by atoms with Gasteiger partial charge in [0.1, 0.15) is 0 Å². The van der Waals surface area contributed by atoms with Crippen molar-refractivity contribution in [2.75, 3.05) is 11.0 Å². The number of carbonyl (C=O) groups excluding carboxylic acids is 1. The van der Waals surface area contributed by atoms with Crippen molar-refractivity contribution in [1.29, 1.82) is 0 Å². The number of hydrazine groups is 1. The summed E-state index contributed by atoms with van der Waals surface area (Å²) in [5.41, 5.74) is 4.82. The van der Waals surface area contributed by atoms with Crippen molar-refractivity contribution in [3.05, 3.63) is 58.8 Å². The lowest BCUT2D eigenvalue weighted by Gasteiger charge is -2.18. The first-order chi connectivity index (χ1) is 14.3. The number of anilines is 1.